The van der Waals surface area contributed by atoms with E-state index >= 15 is 0 Å². The molecule has 3 aromatic rings. The summed E-state index contributed by atoms with van der Waals surface area (Å²) in [5.74, 6) is -4.42. The molecule has 1 aliphatic rings. The third-order valence-electron chi connectivity index (χ3n) is 4.74. The van der Waals surface area contributed by atoms with Gasteiger partial charge in [0, 0.05) is 24.1 Å². The van der Waals surface area contributed by atoms with Crippen molar-refractivity contribution in [3.8, 4) is 0 Å². The lowest BCUT2D eigenvalue weighted by atomic mass is 9.96. The zero-order valence-electron chi connectivity index (χ0n) is 15.9. The van der Waals surface area contributed by atoms with Crippen LogP contribution in [0.15, 0.2) is 54.1 Å². The van der Waals surface area contributed by atoms with E-state index in [9.17, 15) is 23.5 Å². The molecule has 1 aliphatic heterocycles. The topological polar surface area (TPSA) is 83.4 Å². The fourth-order valence-electron chi connectivity index (χ4n) is 3.46. The van der Waals surface area contributed by atoms with Crippen LogP contribution in [0.5, 0.6) is 0 Å². The van der Waals surface area contributed by atoms with Crippen LogP contribution in [-0.2, 0) is 4.79 Å². The summed E-state index contributed by atoms with van der Waals surface area (Å²) < 4.78 is 27.3. The molecule has 0 fully saturated rings. The van der Waals surface area contributed by atoms with Gasteiger partial charge in [0.2, 0.25) is 5.78 Å². The van der Waals surface area contributed by atoms with Gasteiger partial charge < -0.3 is 5.11 Å². The van der Waals surface area contributed by atoms with Crippen LogP contribution in [0.1, 0.15) is 32.0 Å². The van der Waals surface area contributed by atoms with Crippen LogP contribution in [-0.4, -0.2) is 26.8 Å². The third kappa shape index (κ3) is 3.17. The standard InChI is InChI=1S/C21H15F2N3O3S/c1-10-20(30-11(2)25-10)18(27)16-17(12-4-3-7-24-9-12)26(21(29)19(16)28)13-5-6-14(22)15(23)8-13/h3-9,17,28H,1-2H3. The number of aliphatic hydroxyl groups excluding tert-OH is 1. The van der Waals surface area contributed by atoms with E-state index in [0.717, 1.165) is 28.4 Å². The number of ketones is 1. The summed E-state index contributed by atoms with van der Waals surface area (Å²) in [5, 5.41) is 11.3. The van der Waals surface area contributed by atoms with Gasteiger partial charge in [0.25, 0.3) is 5.91 Å². The van der Waals surface area contributed by atoms with Crippen molar-refractivity contribution in [2.45, 2.75) is 19.9 Å². The van der Waals surface area contributed by atoms with Crippen LogP contribution in [0.3, 0.4) is 0 Å². The van der Waals surface area contributed by atoms with Gasteiger partial charge in [0.1, 0.15) is 0 Å². The predicted octanol–water partition coefficient (Wildman–Crippen LogP) is 4.22. The largest absolute Gasteiger partial charge is 0.503 e. The minimum Gasteiger partial charge on any atom is -0.503 e. The molecule has 0 spiro atoms. The first-order chi connectivity index (χ1) is 14.3. The normalized spacial score (nSPS) is 16.5. The number of benzene rings is 1. The smallest absolute Gasteiger partial charge is 0.294 e. The van der Waals surface area contributed by atoms with Gasteiger partial charge in [-0.25, -0.2) is 13.8 Å². The highest BCUT2D eigenvalue weighted by Gasteiger charge is 2.45. The summed E-state index contributed by atoms with van der Waals surface area (Å²) in [5.41, 5.74) is 0.747. The number of carbonyl (C=O) groups is 2. The number of aliphatic hydroxyl groups is 1. The van der Waals surface area contributed by atoms with Crippen molar-refractivity contribution < 1.29 is 23.5 Å². The van der Waals surface area contributed by atoms with Gasteiger partial charge in [0.15, 0.2) is 17.4 Å². The molecule has 9 heteroatoms. The van der Waals surface area contributed by atoms with Gasteiger partial charge in [-0.1, -0.05) is 6.07 Å². The van der Waals surface area contributed by atoms with E-state index in [0.29, 0.717) is 21.1 Å². The number of amides is 1. The molecular weight excluding hydrogens is 412 g/mol. The molecule has 6 nitrogen and oxygen atoms in total. The molecule has 1 aromatic carbocycles. The lowest BCUT2D eigenvalue weighted by Crippen LogP contribution is -2.31. The van der Waals surface area contributed by atoms with E-state index < -0.39 is 35.1 Å². The van der Waals surface area contributed by atoms with E-state index in [4.69, 9.17) is 0 Å². The van der Waals surface area contributed by atoms with Crippen LogP contribution in [0.4, 0.5) is 14.5 Å². The van der Waals surface area contributed by atoms with Crippen molar-refractivity contribution in [2.75, 3.05) is 4.90 Å². The van der Waals surface area contributed by atoms with Crippen LogP contribution in [0.25, 0.3) is 0 Å². The van der Waals surface area contributed by atoms with Gasteiger partial charge in [-0.3, -0.25) is 19.5 Å². The van der Waals surface area contributed by atoms with Crippen molar-refractivity contribution in [1.82, 2.24) is 9.97 Å². The molecule has 1 amide bonds. The first kappa shape index (κ1) is 19.8. The Hall–Kier alpha value is -3.46. The maximum absolute atomic E-state index is 13.9. The van der Waals surface area contributed by atoms with Gasteiger partial charge in [0.05, 0.1) is 27.2 Å². The molecule has 4 rings (SSSR count). The minimum atomic E-state index is -1.15. The van der Waals surface area contributed by atoms with Crippen molar-refractivity contribution in [2.24, 2.45) is 0 Å². The zero-order valence-corrected chi connectivity index (χ0v) is 16.7. The first-order valence-electron chi connectivity index (χ1n) is 8.90. The Morgan fingerprint density at radius 3 is 2.57 bits per heavy atom. The zero-order chi connectivity index (χ0) is 21.6. The molecular formula is C21H15F2N3O3S. The van der Waals surface area contributed by atoms with Crippen LogP contribution < -0.4 is 4.90 Å². The number of thiazole rings is 1. The molecule has 152 valence electrons. The second-order valence-corrected chi connectivity index (χ2v) is 7.90. The van der Waals surface area contributed by atoms with E-state index in [-0.39, 0.29) is 11.3 Å². The number of hydrogen-bond donors (Lipinski definition) is 1. The average molecular weight is 427 g/mol. The average Bonchev–Trinajstić information content (AvgIpc) is 3.20. The molecule has 1 atom stereocenters. The Labute approximate surface area is 174 Å². The predicted molar refractivity (Wildman–Crippen MR) is 106 cm³/mol. The van der Waals surface area contributed by atoms with E-state index in [1.54, 1.807) is 26.0 Å². The number of aromatic nitrogens is 2. The molecule has 0 saturated carbocycles. The molecule has 0 saturated heterocycles. The number of halogens is 2. The monoisotopic (exact) mass is 427 g/mol. The Balaban J connectivity index is 1.90. The van der Waals surface area contributed by atoms with E-state index in [1.165, 1.54) is 18.5 Å². The van der Waals surface area contributed by atoms with E-state index in [2.05, 4.69) is 9.97 Å². The summed E-state index contributed by atoms with van der Waals surface area (Å²) in [6.45, 7) is 3.41. The number of nitrogens with zero attached hydrogens (tertiary/aromatic N) is 3. The second kappa shape index (κ2) is 7.42. The lowest BCUT2D eigenvalue weighted by molar-refractivity contribution is -0.117. The summed E-state index contributed by atoms with van der Waals surface area (Å²) in [7, 11) is 0. The highest BCUT2D eigenvalue weighted by Crippen LogP contribution is 2.42. The molecule has 2 aromatic heterocycles. The van der Waals surface area contributed by atoms with E-state index in [1.807, 2.05) is 0 Å². The number of carbonyl (C=O) groups excluding carboxylic acids is 2. The Morgan fingerprint density at radius 2 is 1.97 bits per heavy atom. The Kier molecular flexibility index (Phi) is 4.90. The van der Waals surface area contributed by atoms with Gasteiger partial charge in [-0.15, -0.1) is 11.3 Å². The second-order valence-electron chi connectivity index (χ2n) is 6.70. The molecule has 0 radical (unpaired) electrons. The van der Waals surface area contributed by atoms with Crippen molar-refractivity contribution in [3.63, 3.8) is 0 Å². The van der Waals surface area contributed by atoms with Gasteiger partial charge >= 0.3 is 0 Å². The summed E-state index contributed by atoms with van der Waals surface area (Å²) in [6, 6.07) is 5.12. The molecule has 1 N–H and O–H groups in total. The number of aryl methyl sites for hydroxylation is 2. The van der Waals surface area contributed by atoms with Gasteiger partial charge in [-0.2, -0.15) is 0 Å². The summed E-state index contributed by atoms with van der Waals surface area (Å²) in [4.78, 5) is 35.9. The fourth-order valence-corrected chi connectivity index (χ4v) is 4.33. The summed E-state index contributed by atoms with van der Waals surface area (Å²) in [6.07, 6.45) is 2.96. The number of hydrogen-bond acceptors (Lipinski definition) is 6. The molecule has 0 aliphatic carbocycles. The SMILES string of the molecule is Cc1nc(C)c(C(=O)C2=C(O)C(=O)N(c3ccc(F)c(F)c3)C2c2cccnc2)s1. The maximum atomic E-state index is 13.9. The van der Waals surface area contributed by atoms with Crippen LogP contribution >= 0.6 is 11.3 Å². The summed E-state index contributed by atoms with van der Waals surface area (Å²) >= 11 is 1.15. The van der Waals surface area contributed by atoms with Crippen LogP contribution in [0, 0.1) is 25.5 Å². The highest BCUT2D eigenvalue weighted by atomic mass is 32.1. The number of anilines is 1. The van der Waals surface area contributed by atoms with Crippen molar-refractivity contribution >= 4 is 28.7 Å². The van der Waals surface area contributed by atoms with Crippen molar-refractivity contribution in [3.05, 3.63) is 86.8 Å². The third-order valence-corrected chi connectivity index (χ3v) is 5.82. The molecule has 3 heterocycles. The number of Topliss-reactive ketones (excluding diaryl/α,β-unsaturated/α-hetero) is 1. The number of pyridine rings is 1. The molecule has 1 unspecified atom stereocenters. The Morgan fingerprint density at radius 1 is 1.20 bits per heavy atom. The molecule has 0 bridgehead atoms. The highest BCUT2D eigenvalue weighted by molar-refractivity contribution is 7.14. The number of rotatable bonds is 4. The quantitative estimate of drug-likeness (QED) is 0.631. The first-order valence-corrected chi connectivity index (χ1v) is 9.71. The Bertz CT molecular complexity index is 1210. The molecule has 30 heavy (non-hydrogen) atoms. The van der Waals surface area contributed by atoms with Crippen molar-refractivity contribution in [1.29, 1.82) is 0 Å². The fraction of sp³-hybridized carbons (Fsp3) is 0.143. The van der Waals surface area contributed by atoms with Crippen LogP contribution in [0.2, 0.25) is 0 Å². The minimum absolute atomic E-state index is 0.000639. The maximum Gasteiger partial charge on any atom is 0.294 e. The van der Waals surface area contributed by atoms with Gasteiger partial charge in [-0.05, 0) is 37.6 Å². The lowest BCUT2D eigenvalue weighted by Gasteiger charge is -2.26.